The van der Waals surface area contributed by atoms with Gasteiger partial charge in [0, 0.05) is 6.04 Å². The molecule has 1 N–H and O–H groups in total. The molecule has 35 heavy (non-hydrogen) atoms. The fraction of sp³-hybridized carbons (Fsp3) is 0.286. The Morgan fingerprint density at radius 2 is 1.77 bits per heavy atom. The zero-order chi connectivity index (χ0) is 24.1. The minimum Gasteiger partial charge on any atom is -0.362 e. The number of aryl methyl sites for hydroxylation is 2. The molecule has 3 heterocycles. The summed E-state index contributed by atoms with van der Waals surface area (Å²) in [7, 11) is 0. The van der Waals surface area contributed by atoms with Gasteiger partial charge in [-0.15, -0.1) is 4.52 Å². The number of nitrogens with zero attached hydrogens (tertiary/aromatic N) is 5. The smallest absolute Gasteiger partial charge is 0.299 e. The second kappa shape index (κ2) is 8.24. The molecule has 3 aromatic heterocycles. The van der Waals surface area contributed by atoms with E-state index >= 15 is 0 Å². The predicted octanol–water partition coefficient (Wildman–Crippen LogP) is 6.38. The van der Waals surface area contributed by atoms with Gasteiger partial charge in [-0.2, -0.15) is 0 Å². The second-order valence-corrected chi connectivity index (χ2v) is 9.44. The fourth-order valence-corrected chi connectivity index (χ4v) is 5.46. The van der Waals surface area contributed by atoms with Crippen LogP contribution in [0.5, 0.6) is 0 Å². The Morgan fingerprint density at radius 1 is 1.00 bits per heavy atom. The number of fused-ring (bicyclic) bond motifs is 2. The lowest BCUT2D eigenvalue weighted by Crippen LogP contribution is -2.22. The topological polar surface area (TPSA) is 72.3 Å². The maximum absolute atomic E-state index is 14.0. The van der Waals surface area contributed by atoms with E-state index in [1.165, 1.54) is 29.3 Å². The highest BCUT2D eigenvalue weighted by molar-refractivity contribution is 5.88. The zero-order valence-corrected chi connectivity index (χ0v) is 19.9. The fourth-order valence-electron chi connectivity index (χ4n) is 5.46. The number of benzene rings is 2. The second-order valence-electron chi connectivity index (χ2n) is 9.44. The first-order valence-corrected chi connectivity index (χ1v) is 12.1. The number of aromatic amines is 1. The lowest BCUT2D eigenvalue weighted by molar-refractivity contribution is 0.362. The first-order chi connectivity index (χ1) is 17.1. The molecule has 0 radical (unpaired) electrons. The number of H-pyrrole nitrogens is 1. The van der Waals surface area contributed by atoms with E-state index in [9.17, 15) is 4.79 Å². The van der Waals surface area contributed by atoms with Crippen LogP contribution in [0.2, 0.25) is 0 Å². The first kappa shape index (κ1) is 21.4. The molecule has 7 nitrogen and oxygen atoms in total. The molecule has 7 heteroatoms. The number of nitrogens with one attached hydrogen (secondary N) is 1. The highest BCUT2D eigenvalue weighted by atomic mass is 16.1. The Hall–Kier alpha value is -4.18. The third-order valence-electron chi connectivity index (χ3n) is 7.12. The van der Waals surface area contributed by atoms with Crippen LogP contribution in [0.25, 0.3) is 44.0 Å². The van der Waals surface area contributed by atoms with Crippen molar-refractivity contribution in [2.75, 3.05) is 0 Å². The van der Waals surface area contributed by atoms with Crippen molar-refractivity contribution < 1.29 is 0 Å². The van der Waals surface area contributed by atoms with Crippen LogP contribution in [0.3, 0.4) is 0 Å². The quantitative estimate of drug-likeness (QED) is 0.316. The molecule has 0 atom stereocenters. The molecule has 2 aromatic carbocycles. The molecule has 0 unspecified atom stereocenters. The standard InChI is InChI=1S/C28H26N6O/c1-17-14-15-21-22(16-17)33(20-12-8-5-9-13-20)26(31-21)23-18(2)30-27-24(19-10-6-4-7-11-19)25(29-3)32-34(27)28(23)35/h4,6-7,10-11,14-16,20,32H,5,8-9,12-13H2,1-2H3. The van der Waals surface area contributed by atoms with Gasteiger partial charge in [0.05, 0.1) is 22.3 Å². The van der Waals surface area contributed by atoms with E-state index in [4.69, 9.17) is 16.5 Å². The summed E-state index contributed by atoms with van der Waals surface area (Å²) in [5, 5.41) is 3.01. The molecule has 1 fully saturated rings. The predicted molar refractivity (Wildman–Crippen MR) is 138 cm³/mol. The summed E-state index contributed by atoms with van der Waals surface area (Å²) in [6.45, 7) is 11.7. The Balaban J connectivity index is 1.65. The molecule has 1 aliphatic carbocycles. The molecule has 0 amide bonds. The molecule has 1 saturated carbocycles. The third kappa shape index (κ3) is 3.36. The van der Waals surface area contributed by atoms with Crippen molar-refractivity contribution in [2.45, 2.75) is 52.0 Å². The summed E-state index contributed by atoms with van der Waals surface area (Å²) in [6, 6.07) is 16.2. The largest absolute Gasteiger partial charge is 0.362 e. The Labute approximate surface area is 202 Å². The average molecular weight is 463 g/mol. The van der Waals surface area contributed by atoms with Crippen molar-refractivity contribution in [1.29, 1.82) is 0 Å². The Kier molecular flexibility index (Phi) is 5.03. The molecular formula is C28H26N6O. The van der Waals surface area contributed by atoms with E-state index in [1.807, 2.05) is 43.3 Å². The molecule has 0 spiro atoms. The van der Waals surface area contributed by atoms with Gasteiger partial charge >= 0.3 is 0 Å². The van der Waals surface area contributed by atoms with Crippen molar-refractivity contribution >= 4 is 22.5 Å². The molecule has 0 aliphatic heterocycles. The average Bonchev–Trinajstić information content (AvgIpc) is 3.43. The lowest BCUT2D eigenvalue weighted by Gasteiger charge is -2.25. The monoisotopic (exact) mass is 462 g/mol. The van der Waals surface area contributed by atoms with Gasteiger partial charge in [-0.1, -0.05) is 62.2 Å². The van der Waals surface area contributed by atoms with Gasteiger partial charge in [0.25, 0.3) is 11.4 Å². The maximum atomic E-state index is 14.0. The SMILES string of the molecule is [C-]#[N+]c1[nH]n2c(=O)c(-c3nc4ccc(C)cc4n3C3CCCCC3)c(C)nc2c1-c1ccccc1. The molecule has 1 aliphatic rings. The number of hydrogen-bond donors (Lipinski definition) is 1. The lowest BCUT2D eigenvalue weighted by atomic mass is 9.94. The summed E-state index contributed by atoms with van der Waals surface area (Å²) < 4.78 is 3.68. The summed E-state index contributed by atoms with van der Waals surface area (Å²) in [6.07, 6.45) is 5.75. The van der Waals surface area contributed by atoms with Gasteiger partial charge in [0.1, 0.15) is 11.4 Å². The zero-order valence-electron chi connectivity index (χ0n) is 19.9. The van der Waals surface area contributed by atoms with E-state index < -0.39 is 0 Å². The van der Waals surface area contributed by atoms with Gasteiger partial charge in [0.15, 0.2) is 5.65 Å². The van der Waals surface area contributed by atoms with Gasteiger partial charge in [0.2, 0.25) is 0 Å². The normalized spacial score (nSPS) is 14.5. The summed E-state index contributed by atoms with van der Waals surface area (Å²) in [4.78, 5) is 27.5. The minimum atomic E-state index is -0.233. The number of hydrogen-bond acceptors (Lipinski definition) is 3. The summed E-state index contributed by atoms with van der Waals surface area (Å²) in [5.41, 5.74) is 5.94. The molecule has 6 rings (SSSR count). The van der Waals surface area contributed by atoms with Gasteiger partial charge in [-0.25, -0.2) is 15.1 Å². The summed E-state index contributed by atoms with van der Waals surface area (Å²) in [5.74, 6) is 0.968. The van der Waals surface area contributed by atoms with E-state index in [1.54, 1.807) is 0 Å². The van der Waals surface area contributed by atoms with Crippen LogP contribution in [-0.4, -0.2) is 24.1 Å². The highest BCUT2D eigenvalue weighted by Gasteiger charge is 2.27. The van der Waals surface area contributed by atoms with Crippen LogP contribution in [-0.2, 0) is 0 Å². The van der Waals surface area contributed by atoms with Crippen molar-refractivity contribution in [3.8, 4) is 22.5 Å². The van der Waals surface area contributed by atoms with Crippen LogP contribution in [0, 0.1) is 20.4 Å². The molecule has 5 aromatic rings. The molecule has 174 valence electrons. The Morgan fingerprint density at radius 3 is 2.51 bits per heavy atom. The van der Waals surface area contributed by atoms with Crippen molar-refractivity contribution in [3.63, 3.8) is 0 Å². The van der Waals surface area contributed by atoms with Gasteiger partial charge in [-0.3, -0.25) is 4.79 Å². The van der Waals surface area contributed by atoms with Crippen LogP contribution in [0.1, 0.15) is 49.4 Å². The number of rotatable bonds is 3. The third-order valence-corrected chi connectivity index (χ3v) is 7.12. The maximum Gasteiger partial charge on any atom is 0.299 e. The highest BCUT2D eigenvalue weighted by Crippen LogP contribution is 2.37. The van der Waals surface area contributed by atoms with Gasteiger partial charge < -0.3 is 9.41 Å². The summed E-state index contributed by atoms with van der Waals surface area (Å²) >= 11 is 0. The van der Waals surface area contributed by atoms with E-state index in [0.717, 1.165) is 29.4 Å². The molecule has 0 saturated heterocycles. The van der Waals surface area contributed by atoms with E-state index in [0.29, 0.717) is 40.2 Å². The van der Waals surface area contributed by atoms with Gasteiger partial charge in [-0.05, 0) is 49.9 Å². The molecular weight excluding hydrogens is 436 g/mol. The molecule has 0 bridgehead atoms. The van der Waals surface area contributed by atoms with Crippen molar-refractivity contribution in [3.05, 3.63) is 81.6 Å². The number of imidazole rings is 1. The van der Waals surface area contributed by atoms with Crippen LogP contribution in [0.4, 0.5) is 5.82 Å². The van der Waals surface area contributed by atoms with Crippen molar-refractivity contribution in [2.24, 2.45) is 0 Å². The van der Waals surface area contributed by atoms with E-state index in [-0.39, 0.29) is 5.56 Å². The van der Waals surface area contributed by atoms with E-state index in [2.05, 4.69) is 33.6 Å². The van der Waals surface area contributed by atoms with Crippen molar-refractivity contribution in [1.82, 2.24) is 24.1 Å². The Bertz CT molecular complexity index is 1680. The van der Waals surface area contributed by atoms with Crippen LogP contribution in [0.15, 0.2) is 53.3 Å². The first-order valence-electron chi connectivity index (χ1n) is 12.1. The van der Waals surface area contributed by atoms with Crippen LogP contribution < -0.4 is 5.56 Å². The minimum absolute atomic E-state index is 0.233. The van der Waals surface area contributed by atoms with Crippen LogP contribution >= 0.6 is 0 Å². The number of aromatic nitrogens is 5.